The van der Waals surface area contributed by atoms with Crippen LogP contribution < -0.4 is 10.6 Å². The van der Waals surface area contributed by atoms with Crippen LogP contribution in [0.4, 0.5) is 5.69 Å². The fourth-order valence-electron chi connectivity index (χ4n) is 7.78. The second-order valence-corrected chi connectivity index (χ2v) is 14.4. The summed E-state index contributed by atoms with van der Waals surface area (Å²) < 4.78 is 0. The van der Waals surface area contributed by atoms with Crippen molar-refractivity contribution in [3.63, 3.8) is 0 Å². The Bertz CT molecular complexity index is 1400. The minimum Gasteiger partial charge on any atom is -0.390 e. The normalized spacial score (nSPS) is 18.8. The van der Waals surface area contributed by atoms with Gasteiger partial charge in [-0.2, -0.15) is 0 Å². The van der Waals surface area contributed by atoms with E-state index in [0.717, 1.165) is 87.3 Å². The first kappa shape index (κ1) is 42.9. The quantitative estimate of drug-likeness (QED) is 0.0938. The zero-order valence-electron chi connectivity index (χ0n) is 32.8. The molecule has 1 aromatic heterocycles. The molecule has 4 rings (SSSR count). The van der Waals surface area contributed by atoms with Gasteiger partial charge in [-0.1, -0.05) is 76.5 Å². The molecule has 1 aromatic carbocycles. The number of likely N-dealkylation sites (tertiary alicyclic amines) is 2. The minimum absolute atomic E-state index is 0.0681. The van der Waals surface area contributed by atoms with Crippen molar-refractivity contribution in [3.05, 3.63) is 73.5 Å². The molecule has 4 unspecified atom stereocenters. The molecular formula is C44H69N5O3. The lowest BCUT2D eigenvalue weighted by molar-refractivity contribution is -0.142. The molecule has 52 heavy (non-hydrogen) atoms. The number of hydrogen-bond acceptors (Lipinski definition) is 6. The van der Waals surface area contributed by atoms with Crippen molar-refractivity contribution >= 4 is 28.4 Å². The Balaban J connectivity index is 0.00000358. The monoisotopic (exact) mass is 716 g/mol. The van der Waals surface area contributed by atoms with Gasteiger partial charge in [0.1, 0.15) is 0 Å². The summed E-state index contributed by atoms with van der Waals surface area (Å²) in [6.07, 6.45) is 20.0. The molecule has 2 aliphatic rings. The van der Waals surface area contributed by atoms with E-state index in [1.165, 1.54) is 12.0 Å². The maximum absolute atomic E-state index is 13.9. The molecule has 4 atom stereocenters. The number of nitrogens with one attached hydrogen (secondary N) is 2. The third-order valence-electron chi connectivity index (χ3n) is 10.8. The number of aliphatic hydroxyl groups excluding tert-OH is 1. The van der Waals surface area contributed by atoms with Gasteiger partial charge in [0.05, 0.1) is 17.7 Å². The number of benzene rings is 1. The number of carbonyl (C=O) groups excluding carboxylic acids is 2. The molecule has 8 nitrogen and oxygen atoms in total. The van der Waals surface area contributed by atoms with Crippen LogP contribution in [0.3, 0.4) is 0 Å². The van der Waals surface area contributed by atoms with E-state index in [1.54, 1.807) is 6.20 Å². The third-order valence-corrected chi connectivity index (χ3v) is 10.8. The lowest BCUT2D eigenvalue weighted by atomic mass is 9.92. The number of aliphatic hydroxyl groups is 1. The summed E-state index contributed by atoms with van der Waals surface area (Å²) in [4.78, 5) is 36.0. The fraction of sp³-hybridized carbons (Fsp3) is 0.614. The van der Waals surface area contributed by atoms with Gasteiger partial charge in [-0.25, -0.2) is 0 Å². The molecule has 0 spiro atoms. The van der Waals surface area contributed by atoms with Gasteiger partial charge in [0.25, 0.3) is 0 Å². The van der Waals surface area contributed by atoms with E-state index in [2.05, 4.69) is 59.7 Å². The largest absolute Gasteiger partial charge is 0.390 e. The summed E-state index contributed by atoms with van der Waals surface area (Å²) in [6.45, 7) is 19.1. The maximum Gasteiger partial charge on any atom is 0.239 e. The Kier molecular flexibility index (Phi) is 19.8. The van der Waals surface area contributed by atoms with Gasteiger partial charge >= 0.3 is 0 Å². The Morgan fingerprint density at radius 1 is 1.00 bits per heavy atom. The Morgan fingerprint density at radius 2 is 1.77 bits per heavy atom. The molecular weight excluding hydrogens is 647 g/mol. The zero-order valence-corrected chi connectivity index (χ0v) is 32.8. The Hall–Kier alpha value is -3.49. The topological polar surface area (TPSA) is 97.8 Å². The highest BCUT2D eigenvalue weighted by Crippen LogP contribution is 2.26. The van der Waals surface area contributed by atoms with Gasteiger partial charge in [-0.05, 0) is 108 Å². The van der Waals surface area contributed by atoms with Crippen LogP contribution in [0.5, 0.6) is 0 Å². The number of amides is 2. The summed E-state index contributed by atoms with van der Waals surface area (Å²) in [7, 11) is 0. The van der Waals surface area contributed by atoms with E-state index in [1.807, 2.05) is 55.2 Å². The average molecular weight is 716 g/mol. The summed E-state index contributed by atoms with van der Waals surface area (Å²) in [5, 5.41) is 18.9. The summed E-state index contributed by atoms with van der Waals surface area (Å²) in [6, 6.07) is 9.83. The molecule has 3 N–H and O–H groups in total. The smallest absolute Gasteiger partial charge is 0.239 e. The second kappa shape index (κ2) is 23.9. The van der Waals surface area contributed by atoms with Crippen LogP contribution in [-0.4, -0.2) is 82.6 Å². The first-order chi connectivity index (χ1) is 25.4. The van der Waals surface area contributed by atoms with Crippen molar-refractivity contribution in [2.45, 2.75) is 129 Å². The zero-order chi connectivity index (χ0) is 37.7. The molecule has 8 heteroatoms. The van der Waals surface area contributed by atoms with Crippen molar-refractivity contribution in [1.29, 1.82) is 0 Å². The number of allylic oxidation sites excluding steroid dienone is 4. The van der Waals surface area contributed by atoms with Crippen LogP contribution in [0.1, 0.15) is 111 Å². The molecule has 2 amide bonds. The molecule has 2 fully saturated rings. The van der Waals surface area contributed by atoms with Crippen molar-refractivity contribution in [3.8, 4) is 0 Å². The van der Waals surface area contributed by atoms with Crippen LogP contribution in [0.15, 0.2) is 73.5 Å². The summed E-state index contributed by atoms with van der Waals surface area (Å²) in [5.41, 5.74) is 3.11. The van der Waals surface area contributed by atoms with Gasteiger partial charge in [0.2, 0.25) is 11.8 Å². The van der Waals surface area contributed by atoms with Crippen LogP contribution in [0.2, 0.25) is 0 Å². The minimum atomic E-state index is -0.617. The Labute approximate surface area is 315 Å². The third kappa shape index (κ3) is 13.5. The van der Waals surface area contributed by atoms with Crippen LogP contribution >= 0.6 is 0 Å². The van der Waals surface area contributed by atoms with E-state index >= 15 is 0 Å². The number of aromatic nitrogens is 1. The van der Waals surface area contributed by atoms with Gasteiger partial charge in [0.15, 0.2) is 0 Å². The summed E-state index contributed by atoms with van der Waals surface area (Å²) in [5.74, 6) is 0.762. The van der Waals surface area contributed by atoms with Gasteiger partial charge in [0, 0.05) is 55.4 Å². The lowest BCUT2D eigenvalue weighted by Gasteiger charge is -2.40. The van der Waals surface area contributed by atoms with E-state index in [-0.39, 0.29) is 29.8 Å². The van der Waals surface area contributed by atoms with Crippen LogP contribution in [0.25, 0.3) is 10.9 Å². The fourth-order valence-corrected chi connectivity index (χ4v) is 7.78. The van der Waals surface area contributed by atoms with Gasteiger partial charge < -0.3 is 20.6 Å². The molecule has 288 valence electrons. The van der Waals surface area contributed by atoms with E-state index in [9.17, 15) is 14.7 Å². The lowest BCUT2D eigenvalue weighted by Crippen LogP contribution is -2.55. The average Bonchev–Trinajstić information content (AvgIpc) is 3.19. The highest BCUT2D eigenvalue weighted by molar-refractivity contribution is 5.91. The number of nitrogens with zero attached hydrogens (tertiary/aromatic N) is 3. The standard InChI is InChI=1S/C42H63N5O3.C2H6/c1-5-15-33(8-4)17-12-19-35(18-11-16-32(6-2)7-3)45-41(49)34-24-28-46(29-25-34)42(50)40-23-9-10-27-47(40)31-36(48)30-44-39-22-13-21-38-37(39)20-14-26-43-38;1-2/h6-8,13-14,20-22,26,33-36,40,44,48H,2,4-5,9-12,15-19,23-25,27-31H2,1,3H3,(H,45,49);1-2H3/b32-7+;. The molecule has 0 aliphatic carbocycles. The van der Waals surface area contributed by atoms with Gasteiger partial charge in [-0.15, -0.1) is 6.58 Å². The highest BCUT2D eigenvalue weighted by Gasteiger charge is 2.35. The van der Waals surface area contributed by atoms with Crippen molar-refractivity contribution in [2.75, 3.05) is 38.0 Å². The summed E-state index contributed by atoms with van der Waals surface area (Å²) >= 11 is 0. The molecule has 2 aromatic rings. The number of pyridine rings is 1. The molecule has 3 heterocycles. The predicted octanol–water partition coefficient (Wildman–Crippen LogP) is 8.69. The number of piperidine rings is 2. The number of β-amino-alcohol motifs (C(OH)–C–C–N with tert-alkyl or cyclic N) is 1. The number of anilines is 1. The van der Waals surface area contributed by atoms with E-state index in [0.29, 0.717) is 44.9 Å². The maximum atomic E-state index is 13.9. The Morgan fingerprint density at radius 3 is 2.48 bits per heavy atom. The number of carbonyl (C=O) groups is 2. The van der Waals surface area contributed by atoms with Crippen molar-refractivity contribution < 1.29 is 14.7 Å². The van der Waals surface area contributed by atoms with Crippen molar-refractivity contribution in [1.82, 2.24) is 20.1 Å². The SMILES string of the molecule is C=C/C(=C\C)CCCC(CCCC(C=C)CCC)NC(=O)C1CCN(C(=O)C2CCCCN2CC(O)CNc2cccc3ncccc23)CC1.CC. The first-order valence-corrected chi connectivity index (χ1v) is 20.4. The predicted molar refractivity (Wildman–Crippen MR) is 218 cm³/mol. The second-order valence-electron chi connectivity index (χ2n) is 14.4. The number of rotatable bonds is 20. The molecule has 0 bridgehead atoms. The van der Waals surface area contributed by atoms with Crippen LogP contribution in [0, 0.1) is 11.8 Å². The number of fused-ring (bicyclic) bond motifs is 1. The molecule has 2 saturated heterocycles. The molecule has 0 saturated carbocycles. The van der Waals surface area contributed by atoms with Gasteiger partial charge in [-0.3, -0.25) is 19.5 Å². The molecule has 0 radical (unpaired) electrons. The van der Waals surface area contributed by atoms with Crippen LogP contribution in [-0.2, 0) is 9.59 Å². The highest BCUT2D eigenvalue weighted by atomic mass is 16.3. The van der Waals surface area contributed by atoms with Crippen molar-refractivity contribution in [2.24, 2.45) is 11.8 Å². The molecule has 2 aliphatic heterocycles. The van der Waals surface area contributed by atoms with E-state index < -0.39 is 6.10 Å². The first-order valence-electron chi connectivity index (χ1n) is 20.4. The number of hydrogen-bond donors (Lipinski definition) is 3. The van der Waals surface area contributed by atoms with E-state index in [4.69, 9.17) is 0 Å².